The molecule has 0 saturated heterocycles. The third-order valence-electron chi connectivity index (χ3n) is 8.28. The van der Waals surface area contributed by atoms with Crippen LogP contribution in [-0.2, 0) is 4.79 Å². The van der Waals surface area contributed by atoms with E-state index in [1.54, 1.807) is 6.92 Å². The summed E-state index contributed by atoms with van der Waals surface area (Å²) in [5, 5.41) is 21.2. The van der Waals surface area contributed by atoms with E-state index in [4.69, 9.17) is 0 Å². The third-order valence-corrected chi connectivity index (χ3v) is 8.28. The Morgan fingerprint density at radius 2 is 1.79 bits per heavy atom. The van der Waals surface area contributed by atoms with Crippen LogP contribution in [0.2, 0.25) is 0 Å². The van der Waals surface area contributed by atoms with Crippen molar-refractivity contribution in [3.8, 4) is 0 Å². The van der Waals surface area contributed by atoms with Gasteiger partial charge in [-0.05, 0) is 69.1 Å². The number of hydrogen-bond acceptors (Lipinski definition) is 3. The van der Waals surface area contributed by atoms with Crippen LogP contribution in [0.1, 0.15) is 65.7 Å². The highest BCUT2D eigenvalue weighted by molar-refractivity contribution is 5.86. The predicted octanol–water partition coefficient (Wildman–Crippen LogP) is 3.55. The van der Waals surface area contributed by atoms with E-state index in [1.807, 2.05) is 0 Å². The molecular weight excluding hydrogens is 300 g/mol. The number of fused-ring (bicyclic) bond motifs is 5. The molecule has 2 N–H and O–H groups in total. The summed E-state index contributed by atoms with van der Waals surface area (Å²) in [4.78, 5) is 12.2. The normalized spacial score (nSPS) is 50.3. The lowest BCUT2D eigenvalue weighted by Gasteiger charge is -2.55. The number of Topliss-reactive ketones (excluding diaryl/α,β-unsaturated/α-hetero) is 1. The Morgan fingerprint density at radius 1 is 1.08 bits per heavy atom. The Kier molecular flexibility index (Phi) is 3.48. The number of aliphatic hydroxyl groups excluding tert-OH is 1. The molecule has 0 aliphatic heterocycles. The lowest BCUT2D eigenvalue weighted by atomic mass is 9.50. The number of ketones is 1. The minimum atomic E-state index is -1.16. The molecule has 3 saturated carbocycles. The fraction of sp³-hybridized carbons (Fsp3) is 0.762. The number of aliphatic hydroxyl groups is 2. The van der Waals surface area contributed by atoms with Gasteiger partial charge in [0.15, 0.2) is 5.78 Å². The smallest absolute Gasteiger partial charge is 0.161 e. The molecule has 4 rings (SSSR count). The molecule has 0 heterocycles. The van der Waals surface area contributed by atoms with Gasteiger partial charge >= 0.3 is 0 Å². The van der Waals surface area contributed by atoms with Crippen LogP contribution in [-0.4, -0.2) is 27.7 Å². The lowest BCUT2D eigenvalue weighted by Crippen LogP contribution is -2.54. The van der Waals surface area contributed by atoms with Crippen LogP contribution in [0.25, 0.3) is 0 Å². The van der Waals surface area contributed by atoms with E-state index < -0.39 is 5.60 Å². The summed E-state index contributed by atoms with van der Waals surface area (Å²) in [5.41, 5.74) is 1.54. The molecule has 2 unspecified atom stereocenters. The fourth-order valence-electron chi connectivity index (χ4n) is 6.58. The average molecular weight is 330 g/mol. The summed E-state index contributed by atoms with van der Waals surface area (Å²) in [6.07, 6.45) is 10.5. The van der Waals surface area contributed by atoms with Gasteiger partial charge in [0.25, 0.3) is 0 Å². The van der Waals surface area contributed by atoms with E-state index in [0.29, 0.717) is 18.3 Å². The van der Waals surface area contributed by atoms with Crippen LogP contribution in [0, 0.1) is 22.7 Å². The van der Waals surface area contributed by atoms with Gasteiger partial charge in [-0.1, -0.05) is 37.1 Å². The Bertz CT molecular complexity index is 647. The largest absolute Gasteiger partial charge is 0.393 e. The molecule has 0 aromatic heterocycles. The number of carbonyl (C=O) groups is 1. The fourth-order valence-corrected chi connectivity index (χ4v) is 6.58. The maximum atomic E-state index is 12.2. The van der Waals surface area contributed by atoms with Crippen molar-refractivity contribution in [3.63, 3.8) is 0 Å². The van der Waals surface area contributed by atoms with Crippen molar-refractivity contribution in [1.29, 1.82) is 0 Å². The van der Waals surface area contributed by atoms with Gasteiger partial charge in [-0.3, -0.25) is 4.79 Å². The molecule has 0 aromatic rings. The van der Waals surface area contributed by atoms with Gasteiger partial charge in [0, 0.05) is 5.41 Å². The first-order valence-electron chi connectivity index (χ1n) is 9.55. The Hall–Kier alpha value is -0.930. The van der Waals surface area contributed by atoms with Gasteiger partial charge in [0.1, 0.15) is 5.60 Å². The summed E-state index contributed by atoms with van der Waals surface area (Å²) in [6, 6.07) is 0. The van der Waals surface area contributed by atoms with Gasteiger partial charge in [0.2, 0.25) is 0 Å². The first kappa shape index (κ1) is 16.5. The molecule has 4 aliphatic rings. The first-order chi connectivity index (χ1) is 11.2. The first-order valence-corrected chi connectivity index (χ1v) is 9.55. The molecule has 0 spiro atoms. The SMILES string of the molecule is CC(=O)[C@@]1(O)CCC2C3=CC=C4C[C@@H](O)CC[C@]4(C)C3CC[C@@]21C. The zero-order valence-electron chi connectivity index (χ0n) is 15.1. The number of carbonyl (C=O) groups excluding carboxylic acids is 1. The van der Waals surface area contributed by atoms with Crippen molar-refractivity contribution in [1.82, 2.24) is 0 Å². The molecular formula is C21H30O3. The third kappa shape index (κ3) is 1.89. The maximum absolute atomic E-state index is 12.2. The quantitative estimate of drug-likeness (QED) is 0.773. The Balaban J connectivity index is 1.75. The highest BCUT2D eigenvalue weighted by Gasteiger charge is 2.63. The molecule has 0 bridgehead atoms. The summed E-state index contributed by atoms with van der Waals surface area (Å²) in [5.74, 6) is 0.759. The molecule has 0 radical (unpaired) electrons. The average Bonchev–Trinajstić information content (AvgIpc) is 2.81. The van der Waals surface area contributed by atoms with E-state index >= 15 is 0 Å². The van der Waals surface area contributed by atoms with Crippen molar-refractivity contribution in [2.24, 2.45) is 22.7 Å². The van der Waals surface area contributed by atoms with E-state index in [-0.39, 0.29) is 22.7 Å². The summed E-state index contributed by atoms with van der Waals surface area (Å²) < 4.78 is 0. The van der Waals surface area contributed by atoms with Gasteiger partial charge in [0.05, 0.1) is 6.10 Å². The van der Waals surface area contributed by atoms with Crippen LogP contribution >= 0.6 is 0 Å². The molecule has 6 atom stereocenters. The van der Waals surface area contributed by atoms with E-state index in [1.165, 1.54) is 11.1 Å². The van der Waals surface area contributed by atoms with E-state index in [2.05, 4.69) is 26.0 Å². The van der Waals surface area contributed by atoms with Crippen LogP contribution in [0.15, 0.2) is 23.3 Å². The summed E-state index contributed by atoms with van der Waals surface area (Å²) in [7, 11) is 0. The highest BCUT2D eigenvalue weighted by atomic mass is 16.3. The zero-order chi connectivity index (χ0) is 17.3. The Labute approximate surface area is 144 Å². The molecule has 3 fully saturated rings. The molecule has 24 heavy (non-hydrogen) atoms. The maximum Gasteiger partial charge on any atom is 0.161 e. The van der Waals surface area contributed by atoms with E-state index in [9.17, 15) is 15.0 Å². The summed E-state index contributed by atoms with van der Waals surface area (Å²) in [6.45, 7) is 6.06. The lowest BCUT2D eigenvalue weighted by molar-refractivity contribution is -0.150. The standard InChI is InChI=1S/C21H30O3/c1-13(22)21(24)11-8-18-16-5-4-14-12-15(23)6-9-19(14,2)17(16)7-10-20(18,21)3/h4-5,15,17-18,23-24H,6-12H2,1-3H3/t15-,17?,18?,19-,20-,21-/m0/s1. The van der Waals surface area contributed by atoms with Crippen molar-refractivity contribution >= 4 is 5.78 Å². The molecule has 4 aliphatic carbocycles. The van der Waals surface area contributed by atoms with Crippen LogP contribution in [0.5, 0.6) is 0 Å². The van der Waals surface area contributed by atoms with Crippen molar-refractivity contribution < 1.29 is 15.0 Å². The molecule has 0 aromatic carbocycles. The van der Waals surface area contributed by atoms with Gasteiger partial charge < -0.3 is 10.2 Å². The predicted molar refractivity (Wildman–Crippen MR) is 93.3 cm³/mol. The highest BCUT2D eigenvalue weighted by Crippen LogP contribution is 2.65. The van der Waals surface area contributed by atoms with Gasteiger partial charge in [-0.25, -0.2) is 0 Å². The molecule has 3 heteroatoms. The Morgan fingerprint density at radius 3 is 2.50 bits per heavy atom. The monoisotopic (exact) mass is 330 g/mol. The van der Waals surface area contributed by atoms with Crippen molar-refractivity contribution in [3.05, 3.63) is 23.3 Å². The van der Waals surface area contributed by atoms with Crippen molar-refractivity contribution in [2.75, 3.05) is 0 Å². The number of hydrogen-bond donors (Lipinski definition) is 2. The number of rotatable bonds is 1. The zero-order valence-corrected chi connectivity index (χ0v) is 15.1. The van der Waals surface area contributed by atoms with Crippen LogP contribution in [0.3, 0.4) is 0 Å². The second-order valence-electron chi connectivity index (χ2n) is 9.19. The second-order valence-corrected chi connectivity index (χ2v) is 9.19. The van der Waals surface area contributed by atoms with Gasteiger partial charge in [-0.15, -0.1) is 0 Å². The number of allylic oxidation sites excluding steroid dienone is 3. The van der Waals surface area contributed by atoms with E-state index in [0.717, 1.165) is 38.5 Å². The van der Waals surface area contributed by atoms with Crippen LogP contribution in [0.4, 0.5) is 0 Å². The molecule has 3 nitrogen and oxygen atoms in total. The summed E-state index contributed by atoms with van der Waals surface area (Å²) >= 11 is 0. The minimum Gasteiger partial charge on any atom is -0.393 e. The second kappa shape index (κ2) is 5.04. The molecule has 132 valence electrons. The molecule has 0 amide bonds. The van der Waals surface area contributed by atoms with Crippen molar-refractivity contribution in [2.45, 2.75) is 77.4 Å². The van der Waals surface area contributed by atoms with Crippen LogP contribution < -0.4 is 0 Å². The minimum absolute atomic E-state index is 0.0643. The topological polar surface area (TPSA) is 57.5 Å². The van der Waals surface area contributed by atoms with Gasteiger partial charge in [-0.2, -0.15) is 0 Å².